The third kappa shape index (κ3) is 2.63. The van der Waals surface area contributed by atoms with E-state index < -0.39 is 0 Å². The molecule has 3 aliphatic rings. The van der Waals surface area contributed by atoms with Crippen molar-refractivity contribution in [2.75, 3.05) is 13.1 Å². The van der Waals surface area contributed by atoms with Gasteiger partial charge in [-0.05, 0) is 55.2 Å². The first-order chi connectivity index (χ1) is 14.1. The predicted octanol–water partition coefficient (Wildman–Crippen LogP) is 4.18. The van der Waals surface area contributed by atoms with E-state index in [4.69, 9.17) is 4.98 Å². The highest BCUT2D eigenvalue weighted by Gasteiger charge is 2.66. The molecule has 1 aliphatic heterocycles. The van der Waals surface area contributed by atoms with Crippen molar-refractivity contribution < 1.29 is 9.18 Å². The van der Waals surface area contributed by atoms with E-state index in [1.165, 1.54) is 30.7 Å². The number of pyridine rings is 1. The largest absolute Gasteiger partial charge is 0.342 e. The van der Waals surface area contributed by atoms with Gasteiger partial charge in [0.05, 0.1) is 5.69 Å². The van der Waals surface area contributed by atoms with Crippen molar-refractivity contribution in [2.24, 2.45) is 11.3 Å². The summed E-state index contributed by atoms with van der Waals surface area (Å²) >= 11 is 0. The van der Waals surface area contributed by atoms with Crippen LogP contribution in [0.2, 0.25) is 0 Å². The molecule has 6 rings (SSSR count). The Morgan fingerprint density at radius 3 is 2.45 bits per heavy atom. The second kappa shape index (κ2) is 5.91. The number of carbonyl (C=O) groups excluding carboxylic acids is 1. The number of fused-ring (bicyclic) bond motifs is 1. The lowest BCUT2D eigenvalue weighted by atomic mass is 9.70. The highest BCUT2D eigenvalue weighted by molar-refractivity contribution is 5.83. The Morgan fingerprint density at radius 2 is 1.76 bits per heavy atom. The van der Waals surface area contributed by atoms with Gasteiger partial charge < -0.3 is 9.30 Å². The Bertz CT molecular complexity index is 1090. The maximum Gasteiger partial charge on any atom is 0.226 e. The zero-order valence-electron chi connectivity index (χ0n) is 16.4. The summed E-state index contributed by atoms with van der Waals surface area (Å²) in [6, 6.07) is 13.6. The lowest BCUT2D eigenvalue weighted by Crippen LogP contribution is -2.46. The van der Waals surface area contributed by atoms with Gasteiger partial charge in [0, 0.05) is 36.8 Å². The standard InChI is InChI=1S/C24H24FN3O/c25-18-6-7-21-26-20(16-28(21)15-18)24(17-4-2-1-3-5-17)10-12-27(13-11-24)22(29)19-14-23(19)8-9-23/h1-7,15-16,19H,8-14H2. The summed E-state index contributed by atoms with van der Waals surface area (Å²) < 4.78 is 15.5. The van der Waals surface area contributed by atoms with Crippen LogP contribution in [0.25, 0.3) is 5.65 Å². The smallest absolute Gasteiger partial charge is 0.226 e. The number of hydrogen-bond acceptors (Lipinski definition) is 2. The normalized spacial score (nSPS) is 24.0. The molecule has 0 N–H and O–H groups in total. The van der Waals surface area contributed by atoms with E-state index in [1.807, 2.05) is 12.3 Å². The van der Waals surface area contributed by atoms with Crippen LogP contribution in [0, 0.1) is 17.2 Å². The molecule has 1 amide bonds. The molecule has 0 radical (unpaired) electrons. The molecule has 3 aromatic rings. The van der Waals surface area contributed by atoms with Gasteiger partial charge in [0.25, 0.3) is 0 Å². The zero-order chi connectivity index (χ0) is 19.6. The molecule has 1 aromatic carbocycles. The fourth-order valence-electron chi connectivity index (χ4n) is 5.38. The van der Waals surface area contributed by atoms with Crippen LogP contribution in [0.5, 0.6) is 0 Å². The molecule has 3 heterocycles. The van der Waals surface area contributed by atoms with Gasteiger partial charge in [-0.2, -0.15) is 0 Å². The molecule has 5 heteroatoms. The highest BCUT2D eigenvalue weighted by Crippen LogP contribution is 2.71. The number of piperidine rings is 1. The number of halogens is 1. The Kier molecular flexibility index (Phi) is 3.50. The first-order valence-corrected chi connectivity index (χ1v) is 10.6. The summed E-state index contributed by atoms with van der Waals surface area (Å²) in [4.78, 5) is 19.9. The molecule has 148 valence electrons. The van der Waals surface area contributed by atoms with Crippen LogP contribution >= 0.6 is 0 Å². The van der Waals surface area contributed by atoms with Crippen LogP contribution in [-0.2, 0) is 10.2 Å². The van der Waals surface area contributed by atoms with E-state index in [2.05, 4.69) is 29.2 Å². The number of benzene rings is 1. The number of aromatic nitrogens is 2. The van der Waals surface area contributed by atoms with Crippen LogP contribution < -0.4 is 0 Å². The molecule has 1 spiro atoms. The molecule has 2 aromatic heterocycles. The van der Waals surface area contributed by atoms with Gasteiger partial charge in [0.2, 0.25) is 5.91 Å². The first-order valence-electron chi connectivity index (χ1n) is 10.6. The minimum Gasteiger partial charge on any atom is -0.342 e. The number of nitrogens with zero attached hydrogens (tertiary/aromatic N) is 3. The number of amides is 1. The number of carbonyl (C=O) groups is 1. The van der Waals surface area contributed by atoms with E-state index in [-0.39, 0.29) is 17.2 Å². The van der Waals surface area contributed by atoms with E-state index in [9.17, 15) is 9.18 Å². The zero-order valence-corrected chi connectivity index (χ0v) is 16.4. The van der Waals surface area contributed by atoms with E-state index in [0.717, 1.165) is 43.7 Å². The summed E-state index contributed by atoms with van der Waals surface area (Å²) in [5.74, 6) is 0.375. The highest BCUT2D eigenvalue weighted by atomic mass is 19.1. The fraction of sp³-hybridized carbons (Fsp3) is 0.417. The molecule has 0 bridgehead atoms. The van der Waals surface area contributed by atoms with E-state index in [0.29, 0.717) is 11.3 Å². The summed E-state index contributed by atoms with van der Waals surface area (Å²) in [5.41, 5.74) is 3.09. The first kappa shape index (κ1) is 17.2. The molecule has 1 atom stereocenters. The summed E-state index contributed by atoms with van der Waals surface area (Å²) in [7, 11) is 0. The quantitative estimate of drug-likeness (QED) is 0.674. The fourth-order valence-corrected chi connectivity index (χ4v) is 5.38. The van der Waals surface area contributed by atoms with Gasteiger partial charge in [-0.15, -0.1) is 0 Å². The number of hydrogen-bond donors (Lipinski definition) is 0. The van der Waals surface area contributed by atoms with Crippen LogP contribution in [0.4, 0.5) is 4.39 Å². The molecular weight excluding hydrogens is 365 g/mol. The lowest BCUT2D eigenvalue weighted by Gasteiger charge is -2.41. The lowest BCUT2D eigenvalue weighted by molar-refractivity contribution is -0.134. The molecule has 1 unspecified atom stereocenters. The average Bonchev–Trinajstić information content (AvgIpc) is 3.65. The second-order valence-corrected chi connectivity index (χ2v) is 9.13. The van der Waals surface area contributed by atoms with Crippen molar-refractivity contribution in [3.05, 3.63) is 71.9 Å². The monoisotopic (exact) mass is 389 g/mol. The molecule has 2 saturated carbocycles. The Morgan fingerprint density at radius 1 is 1.00 bits per heavy atom. The van der Waals surface area contributed by atoms with Gasteiger partial charge in [-0.1, -0.05) is 30.3 Å². The molecule has 4 nitrogen and oxygen atoms in total. The molecule has 1 saturated heterocycles. The second-order valence-electron chi connectivity index (χ2n) is 9.13. The third-order valence-corrected chi connectivity index (χ3v) is 7.54. The van der Waals surface area contributed by atoms with Gasteiger partial charge in [0.1, 0.15) is 11.5 Å². The van der Waals surface area contributed by atoms with Crippen LogP contribution in [0.3, 0.4) is 0 Å². The Labute approximate surface area is 169 Å². The van der Waals surface area contributed by atoms with E-state index in [1.54, 1.807) is 10.5 Å². The Hall–Kier alpha value is -2.69. The summed E-state index contributed by atoms with van der Waals surface area (Å²) in [6.45, 7) is 1.51. The minimum atomic E-state index is -0.269. The molecule has 2 aliphatic carbocycles. The molecular formula is C24H24FN3O. The third-order valence-electron chi connectivity index (χ3n) is 7.54. The predicted molar refractivity (Wildman–Crippen MR) is 108 cm³/mol. The van der Waals surface area contributed by atoms with Crippen LogP contribution in [-0.4, -0.2) is 33.3 Å². The maximum atomic E-state index is 13.7. The van der Waals surface area contributed by atoms with Crippen molar-refractivity contribution in [3.63, 3.8) is 0 Å². The van der Waals surface area contributed by atoms with Crippen LogP contribution in [0.15, 0.2) is 54.9 Å². The molecule has 29 heavy (non-hydrogen) atoms. The minimum absolute atomic E-state index is 0.249. The van der Waals surface area contributed by atoms with E-state index >= 15 is 0 Å². The van der Waals surface area contributed by atoms with Crippen molar-refractivity contribution in [2.45, 2.75) is 37.5 Å². The van der Waals surface area contributed by atoms with Gasteiger partial charge in [-0.3, -0.25) is 4.79 Å². The van der Waals surface area contributed by atoms with Crippen molar-refractivity contribution in [1.29, 1.82) is 0 Å². The number of imidazole rings is 1. The maximum absolute atomic E-state index is 13.7. The van der Waals surface area contributed by atoms with Crippen molar-refractivity contribution in [3.8, 4) is 0 Å². The molecule has 3 fully saturated rings. The summed E-state index contributed by atoms with van der Waals surface area (Å²) in [5, 5.41) is 0. The summed E-state index contributed by atoms with van der Waals surface area (Å²) in [6.07, 6.45) is 8.70. The van der Waals surface area contributed by atoms with Gasteiger partial charge in [-0.25, -0.2) is 9.37 Å². The van der Waals surface area contributed by atoms with Crippen molar-refractivity contribution in [1.82, 2.24) is 14.3 Å². The van der Waals surface area contributed by atoms with Crippen molar-refractivity contribution >= 4 is 11.6 Å². The Balaban J connectivity index is 1.34. The average molecular weight is 389 g/mol. The number of likely N-dealkylation sites (tertiary alicyclic amines) is 1. The van der Waals surface area contributed by atoms with Gasteiger partial charge >= 0.3 is 0 Å². The van der Waals surface area contributed by atoms with Gasteiger partial charge in [0.15, 0.2) is 0 Å². The number of rotatable bonds is 3. The van der Waals surface area contributed by atoms with Crippen LogP contribution in [0.1, 0.15) is 43.4 Å². The topological polar surface area (TPSA) is 37.6 Å². The SMILES string of the molecule is O=C(C1CC12CC2)N1CCC(c2ccccc2)(c2cn3cc(F)ccc3n2)CC1.